The van der Waals surface area contributed by atoms with Gasteiger partial charge in [0.25, 0.3) is 0 Å². The van der Waals surface area contributed by atoms with E-state index in [1.165, 1.54) is 6.20 Å². The number of para-hydroxylation sites is 2. The third kappa shape index (κ3) is 2.79. The molecule has 3 N–H and O–H groups in total. The van der Waals surface area contributed by atoms with Crippen LogP contribution < -0.4 is 15.5 Å². The van der Waals surface area contributed by atoms with Crippen LogP contribution in [0.1, 0.15) is 0 Å². The molecule has 18 heavy (non-hydrogen) atoms. The highest BCUT2D eigenvalue weighted by molar-refractivity contribution is 6.01. The number of nitrogens with zero attached hydrogens (tertiary/aromatic N) is 2. The summed E-state index contributed by atoms with van der Waals surface area (Å²) in [6.45, 7) is 0. The number of anilines is 3. The standard InChI is InChI=1S/C12H15N5O/c1-17(2)11-6-4-3-5-10(11)16-12(18)15-9-7-13-14-8-9/h3-8H,1-2H3,(H,13,14)(H2,15,16,18). The van der Waals surface area contributed by atoms with Crippen molar-refractivity contribution < 1.29 is 4.79 Å². The smallest absolute Gasteiger partial charge is 0.323 e. The molecule has 0 aliphatic heterocycles. The summed E-state index contributed by atoms with van der Waals surface area (Å²) in [5, 5.41) is 11.9. The van der Waals surface area contributed by atoms with Gasteiger partial charge in [0, 0.05) is 20.3 Å². The lowest BCUT2D eigenvalue weighted by Gasteiger charge is -2.17. The molecule has 1 heterocycles. The molecule has 1 aromatic carbocycles. The Morgan fingerprint density at radius 3 is 2.72 bits per heavy atom. The van der Waals surface area contributed by atoms with Crippen LogP contribution in [0, 0.1) is 0 Å². The number of urea groups is 1. The zero-order chi connectivity index (χ0) is 13.0. The number of H-pyrrole nitrogens is 1. The molecule has 2 amide bonds. The summed E-state index contributed by atoms with van der Waals surface area (Å²) in [6, 6.07) is 7.29. The van der Waals surface area contributed by atoms with Gasteiger partial charge in [0.15, 0.2) is 0 Å². The number of carbonyl (C=O) groups excluding carboxylic acids is 1. The Bertz CT molecular complexity index is 521. The first-order valence-corrected chi connectivity index (χ1v) is 5.50. The van der Waals surface area contributed by atoms with E-state index in [4.69, 9.17) is 0 Å². The molecule has 0 atom stereocenters. The summed E-state index contributed by atoms with van der Waals surface area (Å²) in [7, 11) is 3.85. The molecule has 0 unspecified atom stereocenters. The van der Waals surface area contributed by atoms with Crippen molar-refractivity contribution in [3.05, 3.63) is 36.7 Å². The van der Waals surface area contributed by atoms with Gasteiger partial charge >= 0.3 is 6.03 Å². The average Bonchev–Trinajstić information content (AvgIpc) is 2.82. The lowest BCUT2D eigenvalue weighted by molar-refractivity contribution is 0.262. The van der Waals surface area contributed by atoms with Gasteiger partial charge in [0.2, 0.25) is 0 Å². The van der Waals surface area contributed by atoms with E-state index in [2.05, 4.69) is 20.8 Å². The first-order chi connectivity index (χ1) is 8.66. The lowest BCUT2D eigenvalue weighted by atomic mass is 10.2. The van der Waals surface area contributed by atoms with Crippen molar-refractivity contribution >= 4 is 23.1 Å². The number of hydrogen-bond acceptors (Lipinski definition) is 3. The largest absolute Gasteiger partial charge is 0.376 e. The van der Waals surface area contributed by atoms with Crippen molar-refractivity contribution in [2.24, 2.45) is 0 Å². The van der Waals surface area contributed by atoms with E-state index in [1.54, 1.807) is 6.20 Å². The van der Waals surface area contributed by atoms with Crippen molar-refractivity contribution in [1.82, 2.24) is 10.2 Å². The summed E-state index contributed by atoms with van der Waals surface area (Å²) in [4.78, 5) is 13.7. The van der Waals surface area contributed by atoms with E-state index in [0.717, 1.165) is 11.4 Å². The Hall–Kier alpha value is -2.50. The number of rotatable bonds is 3. The number of hydrogen-bond donors (Lipinski definition) is 3. The van der Waals surface area contributed by atoms with Crippen LogP contribution in [0.3, 0.4) is 0 Å². The number of amides is 2. The maximum atomic E-state index is 11.8. The summed E-state index contributed by atoms with van der Waals surface area (Å²) in [5.41, 5.74) is 2.32. The van der Waals surface area contributed by atoms with Gasteiger partial charge in [-0.05, 0) is 12.1 Å². The molecule has 94 valence electrons. The molecule has 0 aliphatic carbocycles. The summed E-state index contributed by atoms with van der Waals surface area (Å²) in [6.07, 6.45) is 3.15. The first-order valence-electron chi connectivity index (χ1n) is 5.50. The zero-order valence-electron chi connectivity index (χ0n) is 10.3. The van der Waals surface area contributed by atoms with Gasteiger partial charge in [-0.2, -0.15) is 5.10 Å². The highest BCUT2D eigenvalue weighted by Gasteiger charge is 2.07. The molecule has 0 saturated heterocycles. The predicted molar refractivity (Wildman–Crippen MR) is 72.0 cm³/mol. The average molecular weight is 245 g/mol. The fourth-order valence-electron chi connectivity index (χ4n) is 1.57. The third-order valence-corrected chi connectivity index (χ3v) is 2.39. The van der Waals surface area contributed by atoms with Gasteiger partial charge in [0.1, 0.15) is 0 Å². The molecular formula is C12H15N5O. The van der Waals surface area contributed by atoms with Crippen molar-refractivity contribution in [3.8, 4) is 0 Å². The van der Waals surface area contributed by atoms with Crippen molar-refractivity contribution in [3.63, 3.8) is 0 Å². The minimum atomic E-state index is -0.300. The molecule has 2 rings (SSSR count). The van der Waals surface area contributed by atoms with E-state index in [-0.39, 0.29) is 6.03 Å². The molecule has 6 heteroatoms. The van der Waals surface area contributed by atoms with Crippen LogP contribution in [-0.4, -0.2) is 30.3 Å². The van der Waals surface area contributed by atoms with Crippen LogP contribution >= 0.6 is 0 Å². The molecule has 0 fully saturated rings. The van der Waals surface area contributed by atoms with E-state index >= 15 is 0 Å². The second-order valence-electron chi connectivity index (χ2n) is 3.98. The normalized spacial score (nSPS) is 9.89. The highest BCUT2D eigenvalue weighted by atomic mass is 16.2. The second kappa shape index (κ2) is 5.22. The molecule has 6 nitrogen and oxygen atoms in total. The quantitative estimate of drug-likeness (QED) is 0.775. The van der Waals surface area contributed by atoms with Gasteiger partial charge in [-0.3, -0.25) is 5.10 Å². The Labute approximate surface area is 105 Å². The van der Waals surface area contributed by atoms with Crippen LogP contribution in [0.2, 0.25) is 0 Å². The van der Waals surface area contributed by atoms with Crippen molar-refractivity contribution in [2.45, 2.75) is 0 Å². The van der Waals surface area contributed by atoms with Crippen LogP contribution in [0.15, 0.2) is 36.7 Å². The third-order valence-electron chi connectivity index (χ3n) is 2.39. The minimum Gasteiger partial charge on any atom is -0.376 e. The molecule has 1 aromatic heterocycles. The predicted octanol–water partition coefficient (Wildman–Crippen LogP) is 2.12. The van der Waals surface area contributed by atoms with Gasteiger partial charge in [-0.1, -0.05) is 12.1 Å². The molecule has 0 saturated carbocycles. The van der Waals surface area contributed by atoms with Gasteiger partial charge in [-0.15, -0.1) is 0 Å². The first kappa shape index (κ1) is 12.0. The summed E-state index contributed by atoms with van der Waals surface area (Å²) in [5.74, 6) is 0. The fourth-order valence-corrected chi connectivity index (χ4v) is 1.57. The molecular weight excluding hydrogens is 230 g/mol. The number of nitrogens with one attached hydrogen (secondary N) is 3. The Morgan fingerprint density at radius 1 is 1.28 bits per heavy atom. The zero-order valence-corrected chi connectivity index (χ0v) is 10.3. The number of aromatic nitrogens is 2. The minimum absolute atomic E-state index is 0.300. The van der Waals surface area contributed by atoms with Gasteiger partial charge < -0.3 is 15.5 Å². The van der Waals surface area contributed by atoms with Gasteiger partial charge in [-0.25, -0.2) is 4.79 Å². The van der Waals surface area contributed by atoms with Crippen LogP contribution in [0.25, 0.3) is 0 Å². The van der Waals surface area contributed by atoms with E-state index in [1.807, 2.05) is 43.3 Å². The van der Waals surface area contributed by atoms with Gasteiger partial charge in [0.05, 0.1) is 23.3 Å². The number of aromatic amines is 1. The lowest BCUT2D eigenvalue weighted by Crippen LogP contribution is -2.21. The van der Waals surface area contributed by atoms with Crippen LogP contribution in [-0.2, 0) is 0 Å². The SMILES string of the molecule is CN(C)c1ccccc1NC(=O)Nc1cn[nH]c1. The van der Waals surface area contributed by atoms with Crippen molar-refractivity contribution in [1.29, 1.82) is 0 Å². The fraction of sp³-hybridized carbons (Fsp3) is 0.167. The van der Waals surface area contributed by atoms with Crippen LogP contribution in [0.5, 0.6) is 0 Å². The Kier molecular flexibility index (Phi) is 3.47. The van der Waals surface area contributed by atoms with Crippen LogP contribution in [0.4, 0.5) is 21.9 Å². The molecule has 0 bridgehead atoms. The number of benzene rings is 1. The second-order valence-corrected chi connectivity index (χ2v) is 3.98. The van der Waals surface area contributed by atoms with E-state index < -0.39 is 0 Å². The summed E-state index contributed by atoms with van der Waals surface area (Å²) < 4.78 is 0. The van der Waals surface area contributed by atoms with E-state index in [9.17, 15) is 4.79 Å². The molecule has 0 spiro atoms. The molecule has 0 radical (unpaired) electrons. The molecule has 0 aliphatic rings. The number of carbonyl (C=O) groups is 1. The Morgan fingerprint density at radius 2 is 2.06 bits per heavy atom. The molecule has 2 aromatic rings. The Balaban J connectivity index is 2.07. The monoisotopic (exact) mass is 245 g/mol. The topological polar surface area (TPSA) is 73.1 Å². The maximum Gasteiger partial charge on any atom is 0.323 e. The highest BCUT2D eigenvalue weighted by Crippen LogP contribution is 2.23. The van der Waals surface area contributed by atoms with E-state index in [0.29, 0.717) is 5.69 Å². The maximum absolute atomic E-state index is 11.8. The van der Waals surface area contributed by atoms with Crippen molar-refractivity contribution in [2.75, 3.05) is 29.6 Å². The summed E-state index contributed by atoms with van der Waals surface area (Å²) >= 11 is 0.